The van der Waals surface area contributed by atoms with Gasteiger partial charge in [0.15, 0.2) is 0 Å². The van der Waals surface area contributed by atoms with E-state index in [4.69, 9.17) is 21.7 Å². The second kappa shape index (κ2) is 22.1. The Labute approximate surface area is 300 Å². The van der Waals surface area contributed by atoms with Crippen molar-refractivity contribution in [2.75, 3.05) is 39.4 Å². The first-order valence-electron chi connectivity index (χ1n) is 15.8. The van der Waals surface area contributed by atoms with Crippen molar-refractivity contribution >= 4 is 65.1 Å². The molecule has 53 heavy (non-hydrogen) atoms. The lowest BCUT2D eigenvalue weighted by molar-refractivity contribution is -0.142. The van der Waals surface area contributed by atoms with Crippen LogP contribution in [0.5, 0.6) is 0 Å². The van der Waals surface area contributed by atoms with Crippen LogP contribution in [-0.2, 0) is 52.7 Å². The molecule has 1 heterocycles. The van der Waals surface area contributed by atoms with E-state index in [-0.39, 0.29) is 13.1 Å². The molecule has 0 aromatic rings. The summed E-state index contributed by atoms with van der Waals surface area (Å²) in [5, 5.41) is 51.9. The maximum atomic E-state index is 12.9. The molecule has 1 saturated heterocycles. The van der Waals surface area contributed by atoms with Gasteiger partial charge in [-0.3, -0.25) is 52.7 Å². The zero-order valence-corrected chi connectivity index (χ0v) is 28.4. The zero-order chi connectivity index (χ0) is 40.4. The van der Waals surface area contributed by atoms with E-state index in [1.54, 1.807) is 0 Å². The first-order valence-corrected chi connectivity index (χ1v) is 15.8. The van der Waals surface area contributed by atoms with E-state index in [1.807, 2.05) is 26.6 Å². The van der Waals surface area contributed by atoms with Crippen LogP contribution in [-0.4, -0.2) is 166 Å². The predicted octanol–water partition coefficient (Wildman–Crippen LogP) is -8.97. The number of aliphatic hydroxyl groups is 2. The summed E-state index contributed by atoms with van der Waals surface area (Å²) < 4.78 is 0. The van der Waals surface area contributed by atoms with Crippen molar-refractivity contribution in [1.82, 2.24) is 42.1 Å². The number of hydrogen-bond acceptors (Lipinski definition) is 14. The third-order valence-corrected chi connectivity index (χ3v) is 7.34. The maximum absolute atomic E-state index is 12.9. The molecule has 1 rings (SSSR count). The molecule has 0 aliphatic carbocycles. The van der Waals surface area contributed by atoms with Gasteiger partial charge in [0.2, 0.25) is 53.2 Å². The van der Waals surface area contributed by atoms with Crippen molar-refractivity contribution in [3.8, 4) is 0 Å². The van der Waals surface area contributed by atoms with Gasteiger partial charge in [0.05, 0.1) is 45.7 Å². The average molecular weight is 761 g/mol. The second-order valence-corrected chi connectivity index (χ2v) is 11.4. The highest BCUT2D eigenvalue weighted by atomic mass is 16.4. The molecule has 25 heteroatoms. The van der Waals surface area contributed by atoms with Gasteiger partial charge < -0.3 is 74.0 Å². The molecule has 0 bridgehead atoms. The van der Waals surface area contributed by atoms with Crippen molar-refractivity contribution in [3.05, 3.63) is 0 Å². The highest BCUT2D eigenvalue weighted by molar-refractivity contribution is 5.98. The monoisotopic (exact) mass is 760 g/mol. The van der Waals surface area contributed by atoms with Crippen molar-refractivity contribution < 1.29 is 73.2 Å². The number of carboxylic acid groups (broad SMARTS) is 2. The summed E-state index contributed by atoms with van der Waals surface area (Å²) in [6.45, 7) is -2.74. The number of aliphatic hydroxyl groups excluding tert-OH is 2. The molecule has 0 aromatic carbocycles. The van der Waals surface area contributed by atoms with Crippen molar-refractivity contribution in [1.29, 1.82) is 0 Å². The molecule has 0 radical (unpaired) electrons. The quantitative estimate of drug-likeness (QED) is 0.0487. The Hall–Kier alpha value is -5.95. The molecule has 1 aliphatic heterocycles. The lowest BCUT2D eigenvalue weighted by Crippen LogP contribution is -2.60. The number of carboxylic acids is 2. The van der Waals surface area contributed by atoms with Gasteiger partial charge in [-0.05, 0) is 19.8 Å². The fourth-order valence-corrected chi connectivity index (χ4v) is 4.63. The molecule has 15 N–H and O–H groups in total. The second-order valence-electron chi connectivity index (χ2n) is 11.4. The minimum Gasteiger partial charge on any atom is -0.481 e. The number of nitrogens with zero attached hydrogens (tertiary/aromatic N) is 1. The maximum Gasteiger partial charge on any atom is 0.325 e. The van der Waals surface area contributed by atoms with Gasteiger partial charge in [-0.1, -0.05) is 0 Å². The molecule has 0 unspecified atom stereocenters. The summed E-state index contributed by atoms with van der Waals surface area (Å²) in [6.07, 6.45) is -1.04. The normalized spacial score (nSPS) is 16.3. The van der Waals surface area contributed by atoms with E-state index in [2.05, 4.69) is 10.6 Å². The van der Waals surface area contributed by atoms with Crippen molar-refractivity contribution in [2.24, 2.45) is 11.5 Å². The van der Waals surface area contributed by atoms with Crippen LogP contribution in [0.25, 0.3) is 0 Å². The SMILES string of the molecule is C[C@H](NC(=O)CNC(=O)[C@H](CC(=O)O)NC(=O)[C@H](CO)NC(=O)[C@H](CO)NC(=O)[C@H](CC(N)=O)NC(=O)CNC(=O)[C@@H]1CCCN1C(=O)CN)C(=O)O. The van der Waals surface area contributed by atoms with Crippen LogP contribution < -0.4 is 48.7 Å². The van der Waals surface area contributed by atoms with E-state index in [0.29, 0.717) is 12.8 Å². The number of hydrogen-bond donors (Lipinski definition) is 13. The summed E-state index contributed by atoms with van der Waals surface area (Å²) in [5.41, 5.74) is 10.5. The van der Waals surface area contributed by atoms with Crippen LogP contribution in [0.1, 0.15) is 32.6 Å². The molecule has 6 atom stereocenters. The highest BCUT2D eigenvalue weighted by Crippen LogP contribution is 2.17. The Morgan fingerprint density at radius 1 is 0.698 bits per heavy atom. The number of likely N-dealkylation sites (tertiary alicyclic amines) is 1. The molecule has 9 amide bonds. The fourth-order valence-electron chi connectivity index (χ4n) is 4.63. The Morgan fingerprint density at radius 3 is 1.68 bits per heavy atom. The lowest BCUT2D eigenvalue weighted by atomic mass is 10.1. The number of rotatable bonds is 22. The van der Waals surface area contributed by atoms with E-state index >= 15 is 0 Å². The minimum absolute atomic E-state index is 0.284. The van der Waals surface area contributed by atoms with E-state index < -0.39 is 140 Å². The Morgan fingerprint density at radius 2 is 1.19 bits per heavy atom. The fraction of sp³-hybridized carbons (Fsp3) is 0.607. The molecule has 1 aliphatic rings. The molecular weight excluding hydrogens is 716 g/mol. The summed E-state index contributed by atoms with van der Waals surface area (Å²) in [7, 11) is 0. The largest absolute Gasteiger partial charge is 0.481 e. The van der Waals surface area contributed by atoms with Crippen LogP contribution in [0.15, 0.2) is 0 Å². The van der Waals surface area contributed by atoms with Crippen LogP contribution >= 0.6 is 0 Å². The molecule has 0 saturated carbocycles. The first-order chi connectivity index (χ1) is 24.8. The van der Waals surface area contributed by atoms with Gasteiger partial charge >= 0.3 is 11.9 Å². The van der Waals surface area contributed by atoms with Crippen LogP contribution in [0.3, 0.4) is 0 Å². The third kappa shape index (κ3) is 15.4. The number of carbonyl (C=O) groups excluding carboxylic acids is 9. The molecule has 25 nitrogen and oxygen atoms in total. The van der Waals surface area contributed by atoms with Crippen LogP contribution in [0, 0.1) is 0 Å². The Bertz CT molecular complexity index is 1430. The molecule has 0 spiro atoms. The average Bonchev–Trinajstić information content (AvgIpc) is 3.59. The van der Waals surface area contributed by atoms with Crippen molar-refractivity contribution in [3.63, 3.8) is 0 Å². The first kappa shape index (κ1) is 45.1. The molecule has 0 aromatic heterocycles. The number of carbonyl (C=O) groups is 11. The van der Waals surface area contributed by atoms with E-state index in [9.17, 15) is 63.0 Å². The lowest BCUT2D eigenvalue weighted by Gasteiger charge is -2.25. The topological polar surface area (TPSA) is 408 Å². The Balaban J connectivity index is 2.88. The zero-order valence-electron chi connectivity index (χ0n) is 28.4. The number of amides is 9. The third-order valence-electron chi connectivity index (χ3n) is 7.34. The summed E-state index contributed by atoms with van der Waals surface area (Å²) in [5.74, 6) is -12.3. The number of aliphatic carboxylic acids is 2. The van der Waals surface area contributed by atoms with Crippen molar-refractivity contribution in [2.45, 2.75) is 68.9 Å². The summed E-state index contributed by atoms with van der Waals surface area (Å²) in [4.78, 5) is 135. The van der Waals surface area contributed by atoms with Gasteiger partial charge in [-0.25, -0.2) is 0 Å². The number of nitrogens with two attached hydrogens (primary N) is 2. The van der Waals surface area contributed by atoms with Crippen LogP contribution in [0.2, 0.25) is 0 Å². The predicted molar refractivity (Wildman–Crippen MR) is 173 cm³/mol. The van der Waals surface area contributed by atoms with E-state index in [0.717, 1.165) is 6.92 Å². The van der Waals surface area contributed by atoms with Gasteiger partial charge in [-0.2, -0.15) is 0 Å². The van der Waals surface area contributed by atoms with E-state index in [1.165, 1.54) is 4.90 Å². The standard InChI is InChI=1S/C28H44N10O15/c1-12(28(52)53)33-19(42)8-31-23(47)14(6-22(45)46)35-25(49)15(10-39)37-26(50)16(11-40)36-24(48)13(5-18(30)41)34-20(43)9-32-27(51)17-3-2-4-38(17)21(44)7-29/h12-17,39-40H,2-11,29H2,1H3,(H2,30,41)(H,31,47)(H,32,51)(H,33,42)(H,34,43)(H,35,49)(H,36,48)(H,37,50)(H,45,46)(H,52,53)/t12-,13-,14-,15-,16-,17-/m0/s1. The molecule has 1 fully saturated rings. The van der Waals surface area contributed by atoms with Gasteiger partial charge in [0.1, 0.15) is 36.3 Å². The Kier molecular flexibility index (Phi) is 18.8. The van der Waals surface area contributed by atoms with Gasteiger partial charge in [0.25, 0.3) is 0 Å². The number of primary amides is 1. The summed E-state index contributed by atoms with van der Waals surface area (Å²) in [6, 6.07) is -9.65. The summed E-state index contributed by atoms with van der Waals surface area (Å²) >= 11 is 0. The molecular formula is C28H44N10O15. The van der Waals surface area contributed by atoms with Gasteiger partial charge in [-0.15, -0.1) is 0 Å². The molecule has 296 valence electrons. The number of nitrogens with one attached hydrogen (secondary N) is 7. The smallest absolute Gasteiger partial charge is 0.325 e. The minimum atomic E-state index is -1.92. The highest BCUT2D eigenvalue weighted by Gasteiger charge is 2.35. The van der Waals surface area contributed by atoms with Crippen LogP contribution in [0.4, 0.5) is 0 Å². The van der Waals surface area contributed by atoms with Gasteiger partial charge in [0, 0.05) is 6.54 Å².